The van der Waals surface area contributed by atoms with Crippen LogP contribution in [0, 0.1) is 19.7 Å². The number of benzene rings is 1. The van der Waals surface area contributed by atoms with Gasteiger partial charge >= 0.3 is 0 Å². The molecule has 0 aliphatic heterocycles. The summed E-state index contributed by atoms with van der Waals surface area (Å²) in [7, 11) is 0. The third kappa shape index (κ3) is 3.45. The van der Waals surface area contributed by atoms with Crippen molar-refractivity contribution in [3.05, 3.63) is 63.7 Å². The summed E-state index contributed by atoms with van der Waals surface area (Å²) in [5.74, 6) is 0.0230. The lowest BCUT2D eigenvalue weighted by Gasteiger charge is -2.07. The fourth-order valence-electron chi connectivity index (χ4n) is 2.58. The van der Waals surface area contributed by atoms with Gasteiger partial charge in [0.1, 0.15) is 23.3 Å². The summed E-state index contributed by atoms with van der Waals surface area (Å²) in [5.41, 5.74) is 1.24. The van der Waals surface area contributed by atoms with Crippen LogP contribution in [0.3, 0.4) is 0 Å². The van der Waals surface area contributed by atoms with Gasteiger partial charge in [-0.1, -0.05) is 18.2 Å². The average Bonchev–Trinajstić information content (AvgIpc) is 2.88. The summed E-state index contributed by atoms with van der Waals surface area (Å²) in [6, 6.07) is 6.26. The summed E-state index contributed by atoms with van der Waals surface area (Å²) in [6.45, 7) is 3.87. The van der Waals surface area contributed by atoms with Crippen LogP contribution in [-0.2, 0) is 17.9 Å². The largest absolute Gasteiger partial charge is 0.443 e. The van der Waals surface area contributed by atoms with Crippen LogP contribution in [0.2, 0.25) is 0 Å². The van der Waals surface area contributed by atoms with Crippen LogP contribution < -0.4 is 10.9 Å². The van der Waals surface area contributed by atoms with Gasteiger partial charge in [-0.15, -0.1) is 0 Å². The van der Waals surface area contributed by atoms with Crippen molar-refractivity contribution in [1.82, 2.24) is 14.9 Å². The van der Waals surface area contributed by atoms with Crippen molar-refractivity contribution < 1.29 is 13.6 Å². The molecule has 0 spiro atoms. The maximum atomic E-state index is 13.5. The second-order valence-corrected chi connectivity index (χ2v) is 5.82. The number of rotatable bonds is 5. The number of aryl methyl sites for hydroxylation is 3. The molecule has 1 aromatic carbocycles. The molecular weight excluding hydrogens is 325 g/mol. The summed E-state index contributed by atoms with van der Waals surface area (Å²) >= 11 is 0. The molecule has 2 aromatic heterocycles. The zero-order valence-corrected chi connectivity index (χ0v) is 14.0. The molecule has 25 heavy (non-hydrogen) atoms. The molecule has 1 N–H and O–H groups in total. The number of hydrogen-bond donors (Lipinski definition) is 1. The van der Waals surface area contributed by atoms with Crippen molar-refractivity contribution in [3.8, 4) is 0 Å². The zero-order valence-electron chi connectivity index (χ0n) is 14.0. The first kappa shape index (κ1) is 16.9. The van der Waals surface area contributed by atoms with Gasteiger partial charge in [-0.2, -0.15) is 0 Å². The standard InChI is InChI=1S/C18H18FN3O3/c1-11-12(2)25-17-16(11)18(24)22(10-21-17)8-7-15(23)20-9-13-5-3-4-6-14(13)19/h3-6,10H,7-9H2,1-2H3,(H,20,23). The number of amides is 1. The van der Waals surface area contributed by atoms with Crippen LogP contribution in [-0.4, -0.2) is 15.5 Å². The number of nitrogens with one attached hydrogen (secondary N) is 1. The molecule has 3 aromatic rings. The van der Waals surface area contributed by atoms with E-state index in [0.717, 1.165) is 5.56 Å². The SMILES string of the molecule is Cc1oc2ncn(CCC(=O)NCc3ccccc3F)c(=O)c2c1C. The molecule has 7 heteroatoms. The highest BCUT2D eigenvalue weighted by Crippen LogP contribution is 2.19. The topological polar surface area (TPSA) is 77.1 Å². The minimum absolute atomic E-state index is 0.0947. The second-order valence-electron chi connectivity index (χ2n) is 5.82. The predicted octanol–water partition coefficient (Wildman–Crippen LogP) is 2.45. The molecule has 3 rings (SSSR count). The maximum Gasteiger partial charge on any atom is 0.264 e. The smallest absolute Gasteiger partial charge is 0.264 e. The zero-order chi connectivity index (χ0) is 18.0. The Labute approximate surface area is 143 Å². The highest BCUT2D eigenvalue weighted by Gasteiger charge is 2.14. The van der Waals surface area contributed by atoms with E-state index in [4.69, 9.17) is 4.42 Å². The van der Waals surface area contributed by atoms with Crippen molar-refractivity contribution in [3.63, 3.8) is 0 Å². The van der Waals surface area contributed by atoms with Gasteiger partial charge in [-0.3, -0.25) is 14.2 Å². The maximum absolute atomic E-state index is 13.5. The molecular formula is C18H18FN3O3. The Hall–Kier alpha value is -2.96. The molecule has 2 heterocycles. The molecule has 0 bridgehead atoms. The minimum Gasteiger partial charge on any atom is -0.443 e. The van der Waals surface area contributed by atoms with E-state index in [-0.39, 0.29) is 36.8 Å². The van der Waals surface area contributed by atoms with Gasteiger partial charge in [0.2, 0.25) is 11.6 Å². The predicted molar refractivity (Wildman–Crippen MR) is 90.6 cm³/mol. The highest BCUT2D eigenvalue weighted by molar-refractivity contribution is 5.77. The van der Waals surface area contributed by atoms with Crippen LogP contribution in [0.25, 0.3) is 11.1 Å². The summed E-state index contributed by atoms with van der Waals surface area (Å²) < 4.78 is 20.3. The normalized spacial score (nSPS) is 11.0. The molecule has 1 amide bonds. The van der Waals surface area contributed by atoms with E-state index in [9.17, 15) is 14.0 Å². The van der Waals surface area contributed by atoms with Gasteiger partial charge < -0.3 is 9.73 Å². The van der Waals surface area contributed by atoms with Crippen LogP contribution in [0.5, 0.6) is 0 Å². The molecule has 0 saturated heterocycles. The molecule has 0 aliphatic carbocycles. The highest BCUT2D eigenvalue weighted by atomic mass is 19.1. The molecule has 130 valence electrons. The number of furan rings is 1. The third-order valence-corrected chi connectivity index (χ3v) is 4.17. The lowest BCUT2D eigenvalue weighted by atomic mass is 10.2. The fraction of sp³-hybridized carbons (Fsp3) is 0.278. The Balaban J connectivity index is 1.65. The molecule has 0 aliphatic rings. The van der Waals surface area contributed by atoms with E-state index in [2.05, 4.69) is 10.3 Å². The number of halogens is 1. The van der Waals surface area contributed by atoms with E-state index in [0.29, 0.717) is 22.4 Å². The average molecular weight is 343 g/mol. The molecule has 0 unspecified atom stereocenters. The lowest BCUT2D eigenvalue weighted by molar-refractivity contribution is -0.121. The summed E-state index contributed by atoms with van der Waals surface area (Å²) in [5, 5.41) is 3.09. The van der Waals surface area contributed by atoms with Crippen LogP contribution >= 0.6 is 0 Å². The Morgan fingerprint density at radius 1 is 1.32 bits per heavy atom. The second kappa shape index (κ2) is 6.88. The number of carbonyl (C=O) groups is 1. The van der Waals surface area contributed by atoms with E-state index < -0.39 is 0 Å². The van der Waals surface area contributed by atoms with Crippen molar-refractivity contribution in [2.75, 3.05) is 0 Å². The van der Waals surface area contributed by atoms with Gasteiger partial charge in [-0.05, 0) is 19.9 Å². The first-order valence-corrected chi connectivity index (χ1v) is 7.92. The minimum atomic E-state index is -0.362. The quantitative estimate of drug-likeness (QED) is 0.772. The monoisotopic (exact) mass is 343 g/mol. The molecule has 0 fully saturated rings. The summed E-state index contributed by atoms with van der Waals surface area (Å²) in [6.07, 6.45) is 1.47. The number of hydrogen-bond acceptors (Lipinski definition) is 4. The van der Waals surface area contributed by atoms with Crippen molar-refractivity contribution >= 4 is 17.0 Å². The van der Waals surface area contributed by atoms with Crippen LogP contribution in [0.1, 0.15) is 23.3 Å². The summed E-state index contributed by atoms with van der Waals surface area (Å²) in [4.78, 5) is 28.6. The van der Waals surface area contributed by atoms with E-state index in [1.54, 1.807) is 32.0 Å². The molecule has 0 saturated carbocycles. The van der Waals surface area contributed by atoms with Crippen LogP contribution in [0.4, 0.5) is 4.39 Å². The van der Waals surface area contributed by atoms with Crippen molar-refractivity contribution in [2.45, 2.75) is 33.4 Å². The van der Waals surface area contributed by atoms with Crippen LogP contribution in [0.15, 0.2) is 39.8 Å². The van der Waals surface area contributed by atoms with Gasteiger partial charge in [-0.25, -0.2) is 9.37 Å². The number of aromatic nitrogens is 2. The fourth-order valence-corrected chi connectivity index (χ4v) is 2.58. The third-order valence-electron chi connectivity index (χ3n) is 4.17. The van der Waals surface area contributed by atoms with Gasteiger partial charge in [0.15, 0.2) is 0 Å². The first-order chi connectivity index (χ1) is 12.0. The Morgan fingerprint density at radius 2 is 2.08 bits per heavy atom. The van der Waals surface area contributed by atoms with Gasteiger partial charge in [0, 0.05) is 30.6 Å². The first-order valence-electron chi connectivity index (χ1n) is 7.92. The Bertz CT molecular complexity index is 991. The van der Waals surface area contributed by atoms with Crippen molar-refractivity contribution in [1.29, 1.82) is 0 Å². The Kier molecular flexibility index (Phi) is 4.65. The van der Waals surface area contributed by atoms with E-state index in [1.807, 2.05) is 0 Å². The van der Waals surface area contributed by atoms with Crippen molar-refractivity contribution in [2.24, 2.45) is 0 Å². The number of fused-ring (bicyclic) bond motifs is 1. The van der Waals surface area contributed by atoms with Gasteiger partial charge in [0.05, 0.1) is 0 Å². The van der Waals surface area contributed by atoms with E-state index >= 15 is 0 Å². The Morgan fingerprint density at radius 3 is 2.84 bits per heavy atom. The lowest BCUT2D eigenvalue weighted by Crippen LogP contribution is -2.27. The number of carbonyl (C=O) groups excluding carboxylic acids is 1. The number of nitrogens with zero attached hydrogens (tertiary/aromatic N) is 2. The molecule has 6 nitrogen and oxygen atoms in total. The molecule has 0 atom stereocenters. The van der Waals surface area contributed by atoms with E-state index in [1.165, 1.54) is 17.0 Å². The van der Waals surface area contributed by atoms with Gasteiger partial charge in [0.25, 0.3) is 5.56 Å². The molecule has 0 radical (unpaired) electrons.